The Bertz CT molecular complexity index is 646. The molecule has 0 spiro atoms. The lowest BCUT2D eigenvalue weighted by molar-refractivity contribution is 0.588. The summed E-state index contributed by atoms with van der Waals surface area (Å²) < 4.78 is 25.9. The number of aromatic nitrogens is 1. The van der Waals surface area contributed by atoms with E-state index in [1.807, 2.05) is 26.0 Å². The summed E-state index contributed by atoms with van der Waals surface area (Å²) in [5.41, 5.74) is 1.71. The summed E-state index contributed by atoms with van der Waals surface area (Å²) in [6.07, 6.45) is 1.19. The highest BCUT2D eigenvalue weighted by Crippen LogP contribution is 2.40. The molecule has 4 heteroatoms. The van der Waals surface area contributed by atoms with E-state index in [2.05, 4.69) is 4.98 Å². The Morgan fingerprint density at radius 2 is 1.94 bits per heavy atom. The minimum atomic E-state index is -2.48. The van der Waals surface area contributed by atoms with Crippen molar-refractivity contribution in [2.45, 2.75) is 19.8 Å². The molecule has 0 fully saturated rings. The van der Waals surface area contributed by atoms with Crippen molar-refractivity contribution in [2.24, 2.45) is 0 Å². The third kappa shape index (κ3) is 2.32. The molecule has 18 heavy (non-hydrogen) atoms. The van der Waals surface area contributed by atoms with Gasteiger partial charge in [0.05, 0.1) is 11.7 Å². The fourth-order valence-electron chi connectivity index (χ4n) is 2.24. The smallest absolute Gasteiger partial charge is 0.142 e. The molecule has 0 aliphatic carbocycles. The second-order valence-corrected chi connectivity index (χ2v) is 8.38. The Kier molecular flexibility index (Phi) is 3.29. The fourth-order valence-corrected chi connectivity index (χ4v) is 3.96. The molecule has 0 atom stereocenters. The molecule has 1 heterocycles. The maximum atomic E-state index is 13.4. The van der Waals surface area contributed by atoms with Crippen LogP contribution in [0.2, 0.25) is 0 Å². The van der Waals surface area contributed by atoms with Gasteiger partial charge in [-0.2, -0.15) is 0 Å². The minimum Gasteiger partial charge on any atom is -0.319 e. The van der Waals surface area contributed by atoms with Crippen LogP contribution >= 0.6 is 7.14 Å². The van der Waals surface area contributed by atoms with Gasteiger partial charge in [-0.05, 0) is 36.9 Å². The zero-order valence-electron chi connectivity index (χ0n) is 11.1. The van der Waals surface area contributed by atoms with Gasteiger partial charge in [0.15, 0.2) is 0 Å². The molecule has 2 nitrogen and oxygen atoms in total. The molecular formula is C14H17FNOP. The fraction of sp³-hybridized carbons (Fsp3) is 0.357. The first-order valence-electron chi connectivity index (χ1n) is 5.94. The van der Waals surface area contributed by atoms with Crippen LogP contribution in [0.1, 0.15) is 25.3 Å². The predicted octanol–water partition coefficient (Wildman–Crippen LogP) is 3.75. The number of hydrogen-bond donors (Lipinski definition) is 0. The Morgan fingerprint density at radius 1 is 1.28 bits per heavy atom. The summed E-state index contributed by atoms with van der Waals surface area (Å²) >= 11 is 0. The lowest BCUT2D eigenvalue weighted by Crippen LogP contribution is -2.14. The zero-order chi connectivity index (χ0) is 13.5. The maximum absolute atomic E-state index is 13.4. The molecule has 2 aromatic rings. The molecule has 1 aromatic carbocycles. The van der Waals surface area contributed by atoms with Crippen molar-refractivity contribution in [2.75, 3.05) is 13.3 Å². The largest absolute Gasteiger partial charge is 0.319 e. The number of rotatable bonds is 2. The van der Waals surface area contributed by atoms with Crippen LogP contribution in [0.5, 0.6) is 0 Å². The van der Waals surface area contributed by atoms with E-state index in [0.29, 0.717) is 10.9 Å². The van der Waals surface area contributed by atoms with Crippen molar-refractivity contribution in [3.8, 4) is 0 Å². The van der Waals surface area contributed by atoms with Crippen molar-refractivity contribution in [1.82, 2.24) is 4.98 Å². The van der Waals surface area contributed by atoms with E-state index >= 15 is 0 Å². The van der Waals surface area contributed by atoms with E-state index in [9.17, 15) is 8.96 Å². The van der Waals surface area contributed by atoms with Crippen LogP contribution < -0.4 is 5.30 Å². The molecule has 0 radical (unpaired) electrons. The third-order valence-corrected chi connectivity index (χ3v) is 4.57. The number of halogens is 1. The highest BCUT2D eigenvalue weighted by molar-refractivity contribution is 7.70. The summed E-state index contributed by atoms with van der Waals surface area (Å²) in [6, 6.07) is 5.25. The monoisotopic (exact) mass is 265 g/mol. The molecule has 0 unspecified atom stereocenters. The quantitative estimate of drug-likeness (QED) is 0.774. The molecule has 0 N–H and O–H groups in total. The highest BCUT2D eigenvalue weighted by atomic mass is 31.2. The highest BCUT2D eigenvalue weighted by Gasteiger charge is 2.21. The van der Waals surface area contributed by atoms with E-state index < -0.39 is 13.0 Å². The van der Waals surface area contributed by atoms with Crippen LogP contribution in [0.15, 0.2) is 24.4 Å². The van der Waals surface area contributed by atoms with E-state index in [1.54, 1.807) is 13.3 Å². The number of benzene rings is 1. The molecular weight excluding hydrogens is 248 g/mol. The van der Waals surface area contributed by atoms with E-state index in [-0.39, 0.29) is 5.92 Å². The number of pyridine rings is 1. The molecule has 0 saturated heterocycles. The molecule has 0 saturated carbocycles. The first-order chi connectivity index (χ1) is 8.30. The van der Waals surface area contributed by atoms with Crippen LogP contribution in [0.3, 0.4) is 0 Å². The van der Waals surface area contributed by atoms with Crippen LogP contribution in [0.25, 0.3) is 10.9 Å². The van der Waals surface area contributed by atoms with Gasteiger partial charge < -0.3 is 4.57 Å². The summed E-state index contributed by atoms with van der Waals surface area (Å²) in [5.74, 6) is -0.140. The predicted molar refractivity (Wildman–Crippen MR) is 74.9 cm³/mol. The van der Waals surface area contributed by atoms with Gasteiger partial charge in [-0.3, -0.25) is 4.98 Å². The van der Waals surface area contributed by atoms with Crippen LogP contribution in [0, 0.1) is 5.82 Å². The van der Waals surface area contributed by atoms with Crippen molar-refractivity contribution in [3.63, 3.8) is 0 Å². The van der Waals surface area contributed by atoms with Crippen molar-refractivity contribution in [3.05, 3.63) is 35.8 Å². The molecule has 0 amide bonds. The van der Waals surface area contributed by atoms with E-state index in [1.165, 1.54) is 12.3 Å². The van der Waals surface area contributed by atoms with Crippen LogP contribution in [0.4, 0.5) is 4.39 Å². The standard InChI is InChI=1S/C14H17FNOP/c1-9(2)11-5-6-13-12(7-10(15)8-16-13)14(11)18(3,4)17/h5-9H,1-4H3. The third-order valence-electron chi connectivity index (χ3n) is 2.99. The molecule has 0 bridgehead atoms. The SMILES string of the molecule is CC(C)c1ccc2ncc(F)cc2c1P(C)(C)=O. The van der Waals surface area contributed by atoms with Crippen molar-refractivity contribution >= 4 is 23.3 Å². The molecule has 0 aliphatic rings. The zero-order valence-corrected chi connectivity index (χ0v) is 12.0. The van der Waals surface area contributed by atoms with Gasteiger partial charge >= 0.3 is 0 Å². The van der Waals surface area contributed by atoms with Gasteiger partial charge in [0, 0.05) is 10.7 Å². The maximum Gasteiger partial charge on any atom is 0.142 e. The summed E-state index contributed by atoms with van der Waals surface area (Å²) in [5, 5.41) is 1.44. The Labute approximate surface area is 107 Å². The van der Waals surface area contributed by atoms with Crippen LogP contribution in [-0.2, 0) is 4.57 Å². The van der Waals surface area contributed by atoms with Gasteiger partial charge in [-0.15, -0.1) is 0 Å². The van der Waals surface area contributed by atoms with Crippen molar-refractivity contribution in [1.29, 1.82) is 0 Å². The second kappa shape index (κ2) is 4.47. The lowest BCUT2D eigenvalue weighted by atomic mass is 10.0. The molecule has 2 rings (SSSR count). The van der Waals surface area contributed by atoms with E-state index in [4.69, 9.17) is 0 Å². The minimum absolute atomic E-state index is 0.251. The van der Waals surface area contributed by atoms with Crippen molar-refractivity contribution < 1.29 is 8.96 Å². The normalized spacial score (nSPS) is 12.3. The second-order valence-electron chi connectivity index (χ2n) is 5.23. The molecule has 1 aromatic heterocycles. The first kappa shape index (κ1) is 13.2. The Hall–Kier alpha value is -1.21. The van der Waals surface area contributed by atoms with Gasteiger partial charge in [0.25, 0.3) is 0 Å². The topological polar surface area (TPSA) is 30.0 Å². The van der Waals surface area contributed by atoms with Gasteiger partial charge in [0.2, 0.25) is 0 Å². The Morgan fingerprint density at radius 3 is 2.50 bits per heavy atom. The van der Waals surface area contributed by atoms with Gasteiger partial charge in [-0.1, -0.05) is 19.9 Å². The van der Waals surface area contributed by atoms with E-state index in [0.717, 1.165) is 10.9 Å². The summed E-state index contributed by atoms with van der Waals surface area (Å²) in [6.45, 7) is 7.54. The number of nitrogens with zero attached hydrogens (tertiary/aromatic N) is 1. The van der Waals surface area contributed by atoms with Gasteiger partial charge in [-0.25, -0.2) is 4.39 Å². The molecule has 96 valence electrons. The average molecular weight is 265 g/mol. The molecule has 0 aliphatic heterocycles. The summed E-state index contributed by atoms with van der Waals surface area (Å²) in [4.78, 5) is 4.06. The lowest BCUT2D eigenvalue weighted by Gasteiger charge is -2.18. The Balaban J connectivity index is 2.93. The van der Waals surface area contributed by atoms with Crippen LogP contribution in [-0.4, -0.2) is 18.3 Å². The number of fused-ring (bicyclic) bond motifs is 1. The van der Waals surface area contributed by atoms with Gasteiger partial charge in [0.1, 0.15) is 13.0 Å². The number of hydrogen-bond acceptors (Lipinski definition) is 2. The first-order valence-corrected chi connectivity index (χ1v) is 8.54. The average Bonchev–Trinajstić information content (AvgIpc) is 2.25. The summed E-state index contributed by atoms with van der Waals surface area (Å²) in [7, 11) is -2.48.